The number of aryl methyl sites for hydroxylation is 1. The fourth-order valence-corrected chi connectivity index (χ4v) is 2.54. The Kier molecular flexibility index (Phi) is 3.96. The molecule has 2 aromatic rings. The fraction of sp³-hybridized carbons (Fsp3) is 0.400. The third kappa shape index (κ3) is 3.28. The van der Waals surface area contributed by atoms with E-state index in [0.29, 0.717) is 23.9 Å². The van der Waals surface area contributed by atoms with E-state index >= 15 is 0 Å². The molecule has 1 unspecified atom stereocenters. The minimum Gasteiger partial charge on any atom is -0.421 e. The molecule has 3 rings (SSSR count). The lowest BCUT2D eigenvalue weighted by Gasteiger charge is -2.12. The topological polar surface area (TPSA) is 80.0 Å². The molecule has 0 saturated carbocycles. The number of nitrogens with zero attached hydrogens (tertiary/aromatic N) is 2. The number of nitrogens with one attached hydrogen (secondary N) is 2. The highest BCUT2D eigenvalue weighted by Crippen LogP contribution is 2.26. The van der Waals surface area contributed by atoms with Crippen LogP contribution in [-0.2, 0) is 4.79 Å². The summed E-state index contributed by atoms with van der Waals surface area (Å²) >= 11 is 0. The van der Waals surface area contributed by atoms with Crippen molar-refractivity contribution in [1.29, 1.82) is 0 Å². The minimum absolute atomic E-state index is 0.00177. The van der Waals surface area contributed by atoms with E-state index in [9.17, 15) is 4.79 Å². The van der Waals surface area contributed by atoms with Gasteiger partial charge in [0, 0.05) is 19.4 Å². The Balaban J connectivity index is 1.74. The predicted octanol–water partition coefficient (Wildman–Crippen LogP) is 2.13. The number of rotatable bonds is 4. The molecule has 1 aromatic heterocycles. The zero-order chi connectivity index (χ0) is 14.7. The molecule has 1 aromatic carbocycles. The normalized spacial score (nSPS) is 17.9. The Hall–Kier alpha value is -2.21. The van der Waals surface area contributed by atoms with Crippen molar-refractivity contribution >= 4 is 11.6 Å². The summed E-state index contributed by atoms with van der Waals surface area (Å²) in [7, 11) is 0. The SMILES string of the molecule is Cc1nnc(-c2ccccc2NC(=O)CC2CCCN2)o1. The zero-order valence-corrected chi connectivity index (χ0v) is 11.9. The number of anilines is 1. The second-order valence-corrected chi connectivity index (χ2v) is 5.22. The monoisotopic (exact) mass is 286 g/mol. The second kappa shape index (κ2) is 6.05. The van der Waals surface area contributed by atoms with Crippen molar-refractivity contribution in [2.45, 2.75) is 32.2 Å². The van der Waals surface area contributed by atoms with Gasteiger partial charge in [0.25, 0.3) is 0 Å². The van der Waals surface area contributed by atoms with Gasteiger partial charge in [-0.2, -0.15) is 0 Å². The van der Waals surface area contributed by atoms with E-state index in [1.54, 1.807) is 6.92 Å². The Morgan fingerprint density at radius 3 is 3.00 bits per heavy atom. The number of benzene rings is 1. The molecule has 1 aliphatic heterocycles. The summed E-state index contributed by atoms with van der Waals surface area (Å²) in [6.45, 7) is 2.74. The third-order valence-corrected chi connectivity index (χ3v) is 3.55. The molecular formula is C15H18N4O2. The van der Waals surface area contributed by atoms with Crippen LogP contribution in [0.3, 0.4) is 0 Å². The van der Waals surface area contributed by atoms with Crippen LogP contribution in [0.5, 0.6) is 0 Å². The lowest BCUT2D eigenvalue weighted by atomic mass is 10.1. The lowest BCUT2D eigenvalue weighted by molar-refractivity contribution is -0.116. The van der Waals surface area contributed by atoms with Gasteiger partial charge in [0.15, 0.2) is 0 Å². The highest BCUT2D eigenvalue weighted by Gasteiger charge is 2.19. The van der Waals surface area contributed by atoms with Crippen LogP contribution in [0.2, 0.25) is 0 Å². The number of hydrogen-bond donors (Lipinski definition) is 2. The van der Waals surface area contributed by atoms with Crippen LogP contribution in [0.25, 0.3) is 11.5 Å². The van der Waals surface area contributed by atoms with Crippen LogP contribution < -0.4 is 10.6 Å². The summed E-state index contributed by atoms with van der Waals surface area (Å²) in [5, 5.41) is 14.1. The molecule has 0 bridgehead atoms. The quantitative estimate of drug-likeness (QED) is 0.900. The van der Waals surface area contributed by atoms with E-state index in [1.807, 2.05) is 24.3 Å². The van der Waals surface area contributed by atoms with E-state index in [4.69, 9.17) is 4.42 Å². The van der Waals surface area contributed by atoms with Crippen molar-refractivity contribution in [1.82, 2.24) is 15.5 Å². The number of carbonyl (C=O) groups excluding carboxylic acids is 1. The van der Waals surface area contributed by atoms with Gasteiger partial charge in [-0.25, -0.2) is 0 Å². The van der Waals surface area contributed by atoms with Crippen LogP contribution in [0.15, 0.2) is 28.7 Å². The van der Waals surface area contributed by atoms with Gasteiger partial charge >= 0.3 is 0 Å². The summed E-state index contributed by atoms with van der Waals surface area (Å²) in [4.78, 5) is 12.1. The number of carbonyl (C=O) groups is 1. The zero-order valence-electron chi connectivity index (χ0n) is 11.9. The molecule has 21 heavy (non-hydrogen) atoms. The molecule has 6 nitrogen and oxygen atoms in total. The molecule has 1 amide bonds. The van der Waals surface area contributed by atoms with Crippen molar-refractivity contribution in [2.24, 2.45) is 0 Å². The van der Waals surface area contributed by atoms with Crippen LogP contribution in [-0.4, -0.2) is 28.7 Å². The van der Waals surface area contributed by atoms with Gasteiger partial charge < -0.3 is 15.1 Å². The molecule has 1 saturated heterocycles. The van der Waals surface area contributed by atoms with Crippen LogP contribution in [0.1, 0.15) is 25.2 Å². The first-order valence-corrected chi connectivity index (χ1v) is 7.15. The average Bonchev–Trinajstić information content (AvgIpc) is 3.11. The van der Waals surface area contributed by atoms with Crippen molar-refractivity contribution in [3.8, 4) is 11.5 Å². The van der Waals surface area contributed by atoms with E-state index in [2.05, 4.69) is 20.8 Å². The first kappa shape index (κ1) is 13.8. The standard InChI is InChI=1S/C15H18N4O2/c1-10-18-19-15(21-10)12-6-2-3-7-13(12)17-14(20)9-11-5-4-8-16-11/h2-3,6-7,11,16H,4-5,8-9H2,1H3,(H,17,20). The molecule has 2 N–H and O–H groups in total. The van der Waals surface area contributed by atoms with Gasteiger partial charge in [-0.1, -0.05) is 12.1 Å². The first-order chi connectivity index (χ1) is 10.2. The maximum Gasteiger partial charge on any atom is 0.249 e. The molecule has 1 atom stereocenters. The summed E-state index contributed by atoms with van der Waals surface area (Å²) in [5.74, 6) is 0.918. The van der Waals surface area contributed by atoms with Crippen LogP contribution in [0.4, 0.5) is 5.69 Å². The maximum atomic E-state index is 12.1. The van der Waals surface area contributed by atoms with Gasteiger partial charge in [0.2, 0.25) is 17.7 Å². The first-order valence-electron chi connectivity index (χ1n) is 7.15. The van der Waals surface area contributed by atoms with Gasteiger partial charge in [0.05, 0.1) is 11.3 Å². The third-order valence-electron chi connectivity index (χ3n) is 3.55. The van der Waals surface area contributed by atoms with E-state index in [0.717, 1.165) is 24.9 Å². The average molecular weight is 286 g/mol. The van der Waals surface area contributed by atoms with E-state index in [-0.39, 0.29) is 11.9 Å². The fourth-order valence-electron chi connectivity index (χ4n) is 2.54. The molecule has 6 heteroatoms. The maximum absolute atomic E-state index is 12.1. The lowest BCUT2D eigenvalue weighted by Crippen LogP contribution is -2.27. The Labute approximate surface area is 123 Å². The summed E-state index contributed by atoms with van der Waals surface area (Å²) in [5.41, 5.74) is 1.44. The van der Waals surface area contributed by atoms with E-state index < -0.39 is 0 Å². The summed E-state index contributed by atoms with van der Waals surface area (Å²) in [6, 6.07) is 7.73. The van der Waals surface area contributed by atoms with Crippen molar-refractivity contribution in [3.63, 3.8) is 0 Å². The molecule has 2 heterocycles. The largest absolute Gasteiger partial charge is 0.421 e. The molecule has 1 fully saturated rings. The number of para-hydroxylation sites is 1. The number of amides is 1. The van der Waals surface area contributed by atoms with Crippen molar-refractivity contribution < 1.29 is 9.21 Å². The molecule has 1 aliphatic rings. The van der Waals surface area contributed by atoms with Gasteiger partial charge in [-0.15, -0.1) is 10.2 Å². The molecule has 0 aliphatic carbocycles. The Morgan fingerprint density at radius 1 is 1.43 bits per heavy atom. The summed E-state index contributed by atoms with van der Waals surface area (Å²) < 4.78 is 5.44. The van der Waals surface area contributed by atoms with Gasteiger partial charge in [0.1, 0.15) is 0 Å². The molecule has 0 spiro atoms. The van der Waals surface area contributed by atoms with E-state index in [1.165, 1.54) is 0 Å². The second-order valence-electron chi connectivity index (χ2n) is 5.22. The predicted molar refractivity (Wildman–Crippen MR) is 78.7 cm³/mol. The van der Waals surface area contributed by atoms with Crippen molar-refractivity contribution in [3.05, 3.63) is 30.2 Å². The highest BCUT2D eigenvalue weighted by atomic mass is 16.4. The molecule has 110 valence electrons. The smallest absolute Gasteiger partial charge is 0.249 e. The minimum atomic E-state index is -0.00177. The van der Waals surface area contributed by atoms with Gasteiger partial charge in [-0.05, 0) is 31.5 Å². The van der Waals surface area contributed by atoms with Crippen LogP contribution >= 0.6 is 0 Å². The summed E-state index contributed by atoms with van der Waals surface area (Å²) in [6.07, 6.45) is 2.67. The molecular weight excluding hydrogens is 268 g/mol. The highest BCUT2D eigenvalue weighted by molar-refractivity contribution is 5.94. The van der Waals surface area contributed by atoms with Crippen molar-refractivity contribution in [2.75, 3.05) is 11.9 Å². The Morgan fingerprint density at radius 2 is 2.29 bits per heavy atom. The van der Waals surface area contributed by atoms with Crippen LogP contribution in [0, 0.1) is 6.92 Å². The number of aromatic nitrogens is 2. The molecule has 0 radical (unpaired) electrons. The number of hydrogen-bond acceptors (Lipinski definition) is 5. The van der Waals surface area contributed by atoms with Gasteiger partial charge in [-0.3, -0.25) is 4.79 Å². The Bertz CT molecular complexity index is 632.